The first-order valence-corrected chi connectivity index (χ1v) is 6.00. The first-order chi connectivity index (χ1) is 8.67. The molecule has 0 aliphatic rings. The Morgan fingerprint density at radius 1 is 1.11 bits per heavy atom. The van der Waals surface area contributed by atoms with Crippen molar-refractivity contribution in [1.29, 1.82) is 0 Å². The van der Waals surface area contributed by atoms with Crippen molar-refractivity contribution in [3.05, 3.63) is 35.9 Å². The van der Waals surface area contributed by atoms with Gasteiger partial charge in [-0.05, 0) is 18.4 Å². The average molecular weight is 251 g/mol. The Morgan fingerprint density at radius 3 is 2.00 bits per heavy atom. The van der Waals surface area contributed by atoms with Gasteiger partial charge in [-0.3, -0.25) is 4.79 Å². The second-order valence-electron chi connectivity index (χ2n) is 4.30. The lowest BCUT2D eigenvalue weighted by atomic mass is 9.74. The van der Waals surface area contributed by atoms with Crippen molar-refractivity contribution in [2.45, 2.75) is 18.3 Å². The van der Waals surface area contributed by atoms with Crippen LogP contribution in [-0.4, -0.2) is 33.3 Å². The zero-order valence-electron chi connectivity index (χ0n) is 11.0. The number of nitrogens with two attached hydrogens (primary N) is 1. The van der Waals surface area contributed by atoms with E-state index in [-0.39, 0.29) is 5.91 Å². The maximum atomic E-state index is 11.9. The van der Waals surface area contributed by atoms with E-state index in [1.54, 1.807) is 14.2 Å². The van der Waals surface area contributed by atoms with Crippen LogP contribution in [0.3, 0.4) is 0 Å². The van der Waals surface area contributed by atoms with Gasteiger partial charge in [-0.15, -0.1) is 0 Å². The van der Waals surface area contributed by atoms with Gasteiger partial charge < -0.3 is 15.2 Å². The lowest BCUT2D eigenvalue weighted by molar-refractivity contribution is -0.125. The Labute approximate surface area is 108 Å². The van der Waals surface area contributed by atoms with E-state index in [4.69, 9.17) is 15.2 Å². The molecule has 0 unspecified atom stereocenters. The van der Waals surface area contributed by atoms with Crippen LogP contribution in [0.15, 0.2) is 30.3 Å². The summed E-state index contributed by atoms with van der Waals surface area (Å²) in [5.41, 5.74) is 5.84. The lowest BCUT2D eigenvalue weighted by Gasteiger charge is -2.30. The molecule has 0 aliphatic heterocycles. The largest absolute Gasteiger partial charge is 0.385 e. The zero-order chi connectivity index (χ0) is 13.4. The minimum Gasteiger partial charge on any atom is -0.385 e. The molecule has 0 atom stereocenters. The Bertz CT molecular complexity index is 357. The Morgan fingerprint density at radius 2 is 1.61 bits per heavy atom. The predicted octanol–water partition coefficient (Wildman–Crippen LogP) is 1.48. The molecule has 0 heterocycles. The van der Waals surface area contributed by atoms with E-state index in [0.29, 0.717) is 26.1 Å². The number of hydrogen-bond donors (Lipinski definition) is 1. The summed E-state index contributed by atoms with van der Waals surface area (Å²) in [5.74, 6) is -0.331. The van der Waals surface area contributed by atoms with Gasteiger partial charge in [0.05, 0.1) is 5.41 Å². The molecule has 1 amide bonds. The monoisotopic (exact) mass is 251 g/mol. The molecule has 0 spiro atoms. The highest BCUT2D eigenvalue weighted by atomic mass is 16.5. The van der Waals surface area contributed by atoms with Crippen LogP contribution in [0.25, 0.3) is 0 Å². The van der Waals surface area contributed by atoms with E-state index in [9.17, 15) is 4.79 Å². The molecule has 2 N–H and O–H groups in total. The molecule has 0 saturated heterocycles. The standard InChI is InChI=1S/C14H21NO3/c1-17-10-8-14(13(15)16,9-11-18-2)12-6-4-3-5-7-12/h3-7H,8-11H2,1-2H3,(H2,15,16). The fourth-order valence-electron chi connectivity index (χ4n) is 2.11. The molecule has 4 nitrogen and oxygen atoms in total. The Kier molecular flexibility index (Phi) is 5.82. The van der Waals surface area contributed by atoms with Crippen LogP contribution < -0.4 is 5.73 Å². The maximum absolute atomic E-state index is 11.9. The number of methoxy groups -OCH3 is 2. The third-order valence-corrected chi connectivity index (χ3v) is 3.26. The smallest absolute Gasteiger partial charge is 0.228 e. The molecule has 0 aliphatic carbocycles. The second kappa shape index (κ2) is 7.13. The van der Waals surface area contributed by atoms with Crippen LogP contribution in [-0.2, 0) is 19.7 Å². The molecule has 0 saturated carbocycles. The molecular formula is C14H21NO3. The molecule has 1 aromatic carbocycles. The number of ether oxygens (including phenoxy) is 2. The highest BCUT2D eigenvalue weighted by molar-refractivity contribution is 5.86. The molecule has 1 aromatic rings. The van der Waals surface area contributed by atoms with Crippen LogP contribution in [0.1, 0.15) is 18.4 Å². The topological polar surface area (TPSA) is 61.6 Å². The minimum absolute atomic E-state index is 0.331. The molecule has 1 rings (SSSR count). The Balaban J connectivity index is 3.07. The molecule has 0 aromatic heterocycles. The first-order valence-electron chi connectivity index (χ1n) is 6.00. The van der Waals surface area contributed by atoms with Crippen LogP contribution >= 0.6 is 0 Å². The number of carbonyl (C=O) groups is 1. The zero-order valence-corrected chi connectivity index (χ0v) is 11.0. The molecule has 0 radical (unpaired) electrons. The maximum Gasteiger partial charge on any atom is 0.228 e. The van der Waals surface area contributed by atoms with Gasteiger partial charge in [-0.25, -0.2) is 0 Å². The van der Waals surface area contributed by atoms with Crippen molar-refractivity contribution in [1.82, 2.24) is 0 Å². The van der Waals surface area contributed by atoms with E-state index < -0.39 is 5.41 Å². The summed E-state index contributed by atoms with van der Waals surface area (Å²) >= 11 is 0. The normalized spacial score (nSPS) is 11.4. The van der Waals surface area contributed by atoms with Gasteiger partial charge in [-0.2, -0.15) is 0 Å². The summed E-state index contributed by atoms with van der Waals surface area (Å²) in [7, 11) is 3.24. The third kappa shape index (κ3) is 3.31. The SMILES string of the molecule is COCCC(CCOC)(C(N)=O)c1ccccc1. The molecular weight excluding hydrogens is 230 g/mol. The van der Waals surface area contributed by atoms with E-state index in [2.05, 4.69) is 0 Å². The third-order valence-electron chi connectivity index (χ3n) is 3.26. The fraction of sp³-hybridized carbons (Fsp3) is 0.500. The van der Waals surface area contributed by atoms with Crippen molar-refractivity contribution in [3.8, 4) is 0 Å². The molecule has 18 heavy (non-hydrogen) atoms. The Hall–Kier alpha value is -1.39. The van der Waals surface area contributed by atoms with Gasteiger partial charge in [0.1, 0.15) is 0 Å². The average Bonchev–Trinajstić information content (AvgIpc) is 2.40. The summed E-state index contributed by atoms with van der Waals surface area (Å²) < 4.78 is 10.2. The van der Waals surface area contributed by atoms with Gasteiger partial charge in [-0.1, -0.05) is 30.3 Å². The molecule has 0 fully saturated rings. The van der Waals surface area contributed by atoms with Gasteiger partial charge in [0.15, 0.2) is 0 Å². The van der Waals surface area contributed by atoms with Crippen molar-refractivity contribution in [2.75, 3.05) is 27.4 Å². The number of benzene rings is 1. The quantitative estimate of drug-likeness (QED) is 0.761. The van der Waals surface area contributed by atoms with Crippen molar-refractivity contribution < 1.29 is 14.3 Å². The highest BCUT2D eigenvalue weighted by Gasteiger charge is 2.37. The summed E-state index contributed by atoms with van der Waals surface area (Å²) in [4.78, 5) is 11.9. The van der Waals surface area contributed by atoms with Crippen molar-refractivity contribution in [2.24, 2.45) is 5.73 Å². The first kappa shape index (κ1) is 14.7. The van der Waals surface area contributed by atoms with E-state index in [1.807, 2.05) is 30.3 Å². The second-order valence-corrected chi connectivity index (χ2v) is 4.30. The van der Waals surface area contributed by atoms with E-state index in [0.717, 1.165) is 5.56 Å². The number of rotatable bonds is 8. The van der Waals surface area contributed by atoms with Gasteiger partial charge in [0.2, 0.25) is 5.91 Å². The summed E-state index contributed by atoms with van der Waals surface area (Å²) in [6.07, 6.45) is 1.12. The van der Waals surface area contributed by atoms with Crippen LogP contribution in [0.2, 0.25) is 0 Å². The summed E-state index contributed by atoms with van der Waals surface area (Å²) in [6.45, 7) is 0.975. The lowest BCUT2D eigenvalue weighted by Crippen LogP contribution is -2.43. The van der Waals surface area contributed by atoms with Gasteiger partial charge >= 0.3 is 0 Å². The number of hydrogen-bond acceptors (Lipinski definition) is 3. The summed E-state index contributed by atoms with van der Waals surface area (Å²) in [5, 5.41) is 0. The van der Waals surface area contributed by atoms with Gasteiger partial charge in [0.25, 0.3) is 0 Å². The van der Waals surface area contributed by atoms with Crippen LogP contribution in [0, 0.1) is 0 Å². The molecule has 0 bridgehead atoms. The van der Waals surface area contributed by atoms with E-state index in [1.165, 1.54) is 0 Å². The van der Waals surface area contributed by atoms with Crippen molar-refractivity contribution >= 4 is 5.91 Å². The van der Waals surface area contributed by atoms with E-state index >= 15 is 0 Å². The molecule has 100 valence electrons. The number of carbonyl (C=O) groups excluding carboxylic acids is 1. The molecule has 4 heteroatoms. The number of amides is 1. The van der Waals surface area contributed by atoms with Crippen molar-refractivity contribution in [3.63, 3.8) is 0 Å². The van der Waals surface area contributed by atoms with Crippen LogP contribution in [0.5, 0.6) is 0 Å². The van der Waals surface area contributed by atoms with Crippen LogP contribution in [0.4, 0.5) is 0 Å². The highest BCUT2D eigenvalue weighted by Crippen LogP contribution is 2.31. The summed E-state index contributed by atoms with van der Waals surface area (Å²) in [6, 6.07) is 9.59. The predicted molar refractivity (Wildman–Crippen MR) is 70.3 cm³/mol. The number of primary amides is 1. The fourth-order valence-corrected chi connectivity index (χ4v) is 2.11. The van der Waals surface area contributed by atoms with Gasteiger partial charge in [0, 0.05) is 27.4 Å². The minimum atomic E-state index is -0.715.